The molecular formula is C21H23ClN4O7. The lowest BCUT2D eigenvalue weighted by Gasteiger charge is -2.30. The van der Waals surface area contributed by atoms with Gasteiger partial charge >= 0.3 is 6.16 Å². The van der Waals surface area contributed by atoms with Crippen molar-refractivity contribution < 1.29 is 28.5 Å². The van der Waals surface area contributed by atoms with Crippen molar-refractivity contribution in [2.24, 2.45) is 0 Å². The van der Waals surface area contributed by atoms with Gasteiger partial charge in [0.25, 0.3) is 11.6 Å². The van der Waals surface area contributed by atoms with Crippen molar-refractivity contribution in [2.75, 3.05) is 20.3 Å². The predicted molar refractivity (Wildman–Crippen MR) is 117 cm³/mol. The number of rotatable bonds is 8. The van der Waals surface area contributed by atoms with E-state index in [0.717, 1.165) is 0 Å². The summed E-state index contributed by atoms with van der Waals surface area (Å²) in [5, 5.41) is 19.0. The van der Waals surface area contributed by atoms with Crippen LogP contribution in [0, 0.1) is 10.1 Å². The summed E-state index contributed by atoms with van der Waals surface area (Å²) in [5.41, 5.74) is 1.28. The predicted octanol–water partition coefficient (Wildman–Crippen LogP) is 4.34. The number of nitro groups is 1. The highest BCUT2D eigenvalue weighted by molar-refractivity contribution is 6.32. The first-order valence-electron chi connectivity index (χ1n) is 10.1. The fourth-order valence-electron chi connectivity index (χ4n) is 3.47. The highest BCUT2D eigenvalue weighted by atomic mass is 35.5. The number of aromatic nitrogens is 2. The van der Waals surface area contributed by atoms with Crippen molar-refractivity contribution in [1.29, 1.82) is 0 Å². The first-order valence-corrected chi connectivity index (χ1v) is 10.4. The van der Waals surface area contributed by atoms with E-state index in [-0.39, 0.29) is 41.1 Å². The minimum atomic E-state index is -1.000. The molecule has 0 saturated carbocycles. The number of hydrogen-bond acceptors (Lipinski definition) is 10. The van der Waals surface area contributed by atoms with Crippen molar-refractivity contribution in [1.82, 2.24) is 15.5 Å². The third-order valence-electron chi connectivity index (χ3n) is 4.93. The number of dihydropyridines is 1. The Bertz CT molecular complexity index is 1130. The number of aryl methyl sites for hydroxylation is 1. The highest BCUT2D eigenvalue weighted by Crippen LogP contribution is 2.48. The molecule has 1 aromatic heterocycles. The van der Waals surface area contributed by atoms with Crippen molar-refractivity contribution in [2.45, 2.75) is 33.1 Å². The molecule has 1 atom stereocenters. The molecular weight excluding hydrogens is 456 g/mol. The van der Waals surface area contributed by atoms with Gasteiger partial charge in [-0.25, -0.2) is 4.79 Å². The summed E-state index contributed by atoms with van der Waals surface area (Å²) in [4.78, 5) is 28.1. The van der Waals surface area contributed by atoms with E-state index >= 15 is 0 Å². The molecule has 0 fully saturated rings. The Morgan fingerprint density at radius 3 is 2.70 bits per heavy atom. The van der Waals surface area contributed by atoms with Crippen LogP contribution in [0.5, 0.6) is 0 Å². The van der Waals surface area contributed by atoms with Crippen LogP contribution in [-0.4, -0.2) is 41.5 Å². The molecule has 176 valence electrons. The van der Waals surface area contributed by atoms with E-state index in [4.69, 9.17) is 30.3 Å². The van der Waals surface area contributed by atoms with Crippen LogP contribution in [0.25, 0.3) is 5.57 Å². The molecule has 1 N–H and O–H groups in total. The van der Waals surface area contributed by atoms with Gasteiger partial charge in [-0.2, -0.15) is 4.98 Å². The topological polar surface area (TPSA) is 139 Å². The Labute approximate surface area is 194 Å². The maximum absolute atomic E-state index is 12.4. The lowest BCUT2D eigenvalue weighted by molar-refractivity contribution is -0.385. The summed E-state index contributed by atoms with van der Waals surface area (Å²) in [6.07, 6.45) is -0.480. The van der Waals surface area contributed by atoms with Gasteiger partial charge in [0, 0.05) is 25.3 Å². The zero-order valence-electron chi connectivity index (χ0n) is 18.5. The normalized spacial score (nSPS) is 16.0. The van der Waals surface area contributed by atoms with Crippen molar-refractivity contribution >= 4 is 29.0 Å². The summed E-state index contributed by atoms with van der Waals surface area (Å²) >= 11 is 6.47. The van der Waals surface area contributed by atoms with Gasteiger partial charge < -0.3 is 24.1 Å². The van der Waals surface area contributed by atoms with Crippen LogP contribution >= 0.6 is 11.6 Å². The maximum Gasteiger partial charge on any atom is 0.513 e. The molecule has 0 aliphatic carbocycles. The van der Waals surface area contributed by atoms with Gasteiger partial charge in [0.15, 0.2) is 5.82 Å². The maximum atomic E-state index is 12.4. The second kappa shape index (κ2) is 10.5. The fraction of sp³-hybridized carbons (Fsp3) is 0.381. The lowest BCUT2D eigenvalue weighted by Crippen LogP contribution is -2.27. The number of nitrogens with zero attached hydrogens (tertiary/aromatic N) is 3. The fourth-order valence-corrected chi connectivity index (χ4v) is 3.75. The lowest BCUT2D eigenvalue weighted by atomic mass is 9.84. The molecule has 0 spiro atoms. The van der Waals surface area contributed by atoms with Crippen molar-refractivity contribution in [3.05, 3.63) is 67.8 Å². The monoisotopic (exact) mass is 478 g/mol. The second-order valence-electron chi connectivity index (χ2n) is 7.08. The van der Waals surface area contributed by atoms with Gasteiger partial charge in [0.05, 0.1) is 39.3 Å². The average Bonchev–Trinajstić information content (AvgIpc) is 3.24. The van der Waals surface area contributed by atoms with Crippen LogP contribution in [-0.2, 0) is 20.6 Å². The summed E-state index contributed by atoms with van der Waals surface area (Å²) < 4.78 is 20.9. The molecule has 2 aromatic rings. The molecule has 33 heavy (non-hydrogen) atoms. The van der Waals surface area contributed by atoms with Gasteiger partial charge in [-0.15, -0.1) is 0 Å². The summed E-state index contributed by atoms with van der Waals surface area (Å²) in [6, 6.07) is 4.32. The van der Waals surface area contributed by atoms with E-state index in [9.17, 15) is 14.9 Å². The Morgan fingerprint density at radius 1 is 1.30 bits per heavy atom. The number of carbonyl (C=O) groups is 1. The van der Waals surface area contributed by atoms with Gasteiger partial charge in [0.2, 0.25) is 0 Å². The van der Waals surface area contributed by atoms with Crippen molar-refractivity contribution in [3.63, 3.8) is 0 Å². The van der Waals surface area contributed by atoms with E-state index in [1.54, 1.807) is 13.8 Å². The molecule has 2 heterocycles. The standard InChI is InChI=1S/C21H23ClN4O7/c1-5-15-24-20(33-25-15)16-11(2)23-12(3)19(32-21(27)31-10-9-30-4)18(16)17-13(22)7-6-8-14(17)26(28)29/h6-8,18,23H,5,9-10H2,1-4H3. The SMILES string of the molecule is CCc1noc(C2=C(C)NC(C)=C(OC(=O)OCCOC)C2c2c(Cl)cccc2[N+](=O)[O-])n1. The molecule has 0 saturated heterocycles. The average molecular weight is 479 g/mol. The molecule has 12 heteroatoms. The number of hydrogen-bond donors (Lipinski definition) is 1. The van der Waals surface area contributed by atoms with E-state index in [1.807, 2.05) is 6.92 Å². The number of nitro benzene ring substituents is 1. The van der Waals surface area contributed by atoms with Crippen LogP contribution in [0.2, 0.25) is 5.02 Å². The zero-order chi connectivity index (χ0) is 24.1. The van der Waals surface area contributed by atoms with E-state index in [1.165, 1.54) is 25.3 Å². The quantitative estimate of drug-likeness (QED) is 0.252. The summed E-state index contributed by atoms with van der Waals surface area (Å²) in [5.74, 6) is -0.367. The number of ether oxygens (including phenoxy) is 3. The third-order valence-corrected chi connectivity index (χ3v) is 5.26. The third kappa shape index (κ3) is 5.15. The summed E-state index contributed by atoms with van der Waals surface area (Å²) in [6.45, 7) is 5.42. The van der Waals surface area contributed by atoms with Crippen LogP contribution < -0.4 is 5.32 Å². The molecule has 1 aliphatic rings. The Kier molecular flexibility index (Phi) is 7.67. The molecule has 1 aromatic carbocycles. The number of benzene rings is 1. The minimum absolute atomic E-state index is 0.0305. The minimum Gasteiger partial charge on any atom is -0.432 e. The number of nitrogens with one attached hydrogen (secondary N) is 1. The Hall–Kier alpha value is -3.44. The van der Waals surface area contributed by atoms with Gasteiger partial charge in [0.1, 0.15) is 12.4 Å². The first-order chi connectivity index (χ1) is 15.8. The molecule has 11 nitrogen and oxygen atoms in total. The molecule has 1 unspecified atom stereocenters. The van der Waals surface area contributed by atoms with E-state index < -0.39 is 17.0 Å². The number of halogens is 1. The molecule has 0 amide bonds. The van der Waals surface area contributed by atoms with Crippen LogP contribution in [0.15, 0.2) is 39.9 Å². The summed E-state index contributed by atoms with van der Waals surface area (Å²) in [7, 11) is 1.47. The van der Waals surface area contributed by atoms with E-state index in [0.29, 0.717) is 29.2 Å². The molecule has 0 bridgehead atoms. The van der Waals surface area contributed by atoms with E-state index in [2.05, 4.69) is 15.5 Å². The smallest absolute Gasteiger partial charge is 0.432 e. The Morgan fingerprint density at radius 2 is 2.06 bits per heavy atom. The zero-order valence-corrected chi connectivity index (χ0v) is 19.3. The molecule has 0 radical (unpaired) electrons. The van der Waals surface area contributed by atoms with Crippen LogP contribution in [0.4, 0.5) is 10.5 Å². The highest BCUT2D eigenvalue weighted by Gasteiger charge is 2.40. The first kappa shape index (κ1) is 24.2. The van der Waals surface area contributed by atoms with Crippen LogP contribution in [0.1, 0.15) is 44.0 Å². The molecule has 1 aliphatic heterocycles. The largest absolute Gasteiger partial charge is 0.513 e. The van der Waals surface area contributed by atoms with Gasteiger partial charge in [-0.05, 0) is 19.9 Å². The second-order valence-corrected chi connectivity index (χ2v) is 7.49. The van der Waals surface area contributed by atoms with Gasteiger partial charge in [-0.1, -0.05) is 29.7 Å². The number of methoxy groups -OCH3 is 1. The van der Waals surface area contributed by atoms with Crippen molar-refractivity contribution in [3.8, 4) is 0 Å². The number of allylic oxidation sites excluding steroid dienone is 3. The molecule has 3 rings (SSSR count). The Balaban J connectivity index is 2.18. The number of carbonyl (C=O) groups excluding carboxylic acids is 1. The van der Waals surface area contributed by atoms with Crippen LogP contribution in [0.3, 0.4) is 0 Å². The van der Waals surface area contributed by atoms with Gasteiger partial charge in [-0.3, -0.25) is 10.1 Å².